The molecule has 0 spiro atoms. The van der Waals surface area contributed by atoms with Crippen LogP contribution in [0.1, 0.15) is 31.2 Å². The number of carboxylic acid groups (broad SMARTS) is 1. The van der Waals surface area contributed by atoms with E-state index in [0.29, 0.717) is 17.7 Å². The zero-order valence-corrected chi connectivity index (χ0v) is 12.6. The number of hydrogen-bond donors (Lipinski definition) is 5. The van der Waals surface area contributed by atoms with Crippen LogP contribution >= 0.6 is 0 Å². The minimum Gasteiger partial charge on any atom is -0.481 e. The fourth-order valence-electron chi connectivity index (χ4n) is 1.74. The van der Waals surface area contributed by atoms with Crippen LogP contribution in [0.25, 0.3) is 0 Å². The molecule has 0 atom stereocenters. The maximum Gasteiger partial charge on any atom is 0.303 e. The summed E-state index contributed by atoms with van der Waals surface area (Å²) in [6, 6.07) is 6.49. The van der Waals surface area contributed by atoms with Crippen LogP contribution in [-0.4, -0.2) is 35.3 Å². The molecule has 0 radical (unpaired) electrons. The molecule has 1 rings (SSSR count). The standard InChI is InChI=1S/C15H20N4O4/c16-15(17)10-3-5-11(6-4-10)19-13(21)8-7-12(20)18-9-1-2-14(22)23/h3-6H,1-2,7-9H2,(H3,16,17)(H,18,20)(H,19,21)(H,22,23). The van der Waals surface area contributed by atoms with Gasteiger partial charge in [0.05, 0.1) is 0 Å². The van der Waals surface area contributed by atoms with E-state index >= 15 is 0 Å². The Hall–Kier alpha value is -2.90. The van der Waals surface area contributed by atoms with Crippen LogP contribution in [-0.2, 0) is 14.4 Å². The van der Waals surface area contributed by atoms with Crippen LogP contribution in [0.5, 0.6) is 0 Å². The minimum absolute atomic E-state index is 0.00295. The summed E-state index contributed by atoms with van der Waals surface area (Å²) in [5, 5.41) is 20.9. The van der Waals surface area contributed by atoms with E-state index in [-0.39, 0.29) is 43.5 Å². The number of benzene rings is 1. The van der Waals surface area contributed by atoms with Gasteiger partial charge in [0.15, 0.2) is 0 Å². The number of nitrogens with two attached hydrogens (primary N) is 1. The molecular formula is C15H20N4O4. The lowest BCUT2D eigenvalue weighted by molar-refractivity contribution is -0.137. The molecule has 0 heterocycles. The second-order valence-electron chi connectivity index (χ2n) is 4.89. The van der Waals surface area contributed by atoms with Gasteiger partial charge in [-0.25, -0.2) is 0 Å². The smallest absolute Gasteiger partial charge is 0.303 e. The molecule has 2 amide bonds. The van der Waals surface area contributed by atoms with E-state index in [0.717, 1.165) is 0 Å². The summed E-state index contributed by atoms with van der Waals surface area (Å²) in [6.45, 7) is 0.277. The Morgan fingerprint density at radius 1 is 1.04 bits per heavy atom. The van der Waals surface area contributed by atoms with Gasteiger partial charge in [-0.3, -0.25) is 19.8 Å². The molecule has 124 valence electrons. The predicted molar refractivity (Wildman–Crippen MR) is 85.2 cm³/mol. The van der Waals surface area contributed by atoms with Crippen molar-refractivity contribution in [2.24, 2.45) is 5.73 Å². The van der Waals surface area contributed by atoms with Crippen molar-refractivity contribution in [3.63, 3.8) is 0 Å². The molecule has 8 nitrogen and oxygen atoms in total. The van der Waals surface area contributed by atoms with E-state index < -0.39 is 5.97 Å². The van der Waals surface area contributed by atoms with Gasteiger partial charge in [0.2, 0.25) is 11.8 Å². The Bertz CT molecular complexity index is 584. The van der Waals surface area contributed by atoms with E-state index in [9.17, 15) is 14.4 Å². The normalized spacial score (nSPS) is 9.91. The molecule has 23 heavy (non-hydrogen) atoms. The summed E-state index contributed by atoms with van der Waals surface area (Å²) in [6.07, 6.45) is 0.413. The van der Waals surface area contributed by atoms with Gasteiger partial charge in [-0.05, 0) is 30.7 Å². The molecule has 0 saturated carbocycles. The van der Waals surface area contributed by atoms with Gasteiger partial charge in [0.25, 0.3) is 0 Å². The number of nitrogen functional groups attached to an aromatic ring is 1. The molecule has 6 N–H and O–H groups in total. The van der Waals surface area contributed by atoms with Crippen molar-refractivity contribution in [3.8, 4) is 0 Å². The van der Waals surface area contributed by atoms with Gasteiger partial charge in [0, 0.05) is 37.1 Å². The highest BCUT2D eigenvalue weighted by atomic mass is 16.4. The average Bonchev–Trinajstić information content (AvgIpc) is 2.50. The molecule has 0 aliphatic heterocycles. The van der Waals surface area contributed by atoms with Crippen LogP contribution in [0, 0.1) is 5.41 Å². The molecule has 1 aromatic rings. The van der Waals surface area contributed by atoms with Crippen molar-refractivity contribution in [2.75, 3.05) is 11.9 Å². The van der Waals surface area contributed by atoms with E-state index in [2.05, 4.69) is 10.6 Å². The van der Waals surface area contributed by atoms with Crippen LogP contribution in [0.3, 0.4) is 0 Å². The van der Waals surface area contributed by atoms with Gasteiger partial charge in [-0.2, -0.15) is 0 Å². The van der Waals surface area contributed by atoms with E-state index in [1.54, 1.807) is 24.3 Å². The van der Waals surface area contributed by atoms with Crippen LogP contribution in [0.15, 0.2) is 24.3 Å². The molecule has 1 aromatic carbocycles. The van der Waals surface area contributed by atoms with Gasteiger partial charge in [-0.15, -0.1) is 0 Å². The van der Waals surface area contributed by atoms with Crippen molar-refractivity contribution in [3.05, 3.63) is 29.8 Å². The highest BCUT2D eigenvalue weighted by Crippen LogP contribution is 2.09. The van der Waals surface area contributed by atoms with Crippen molar-refractivity contribution in [1.29, 1.82) is 5.41 Å². The fraction of sp³-hybridized carbons (Fsp3) is 0.333. The predicted octanol–water partition coefficient (Wildman–Crippen LogP) is 0.670. The quantitative estimate of drug-likeness (QED) is 0.258. The van der Waals surface area contributed by atoms with Crippen molar-refractivity contribution < 1.29 is 19.5 Å². The summed E-state index contributed by atoms with van der Waals surface area (Å²) in [5.41, 5.74) is 6.45. The third kappa shape index (κ3) is 7.60. The van der Waals surface area contributed by atoms with E-state index in [4.69, 9.17) is 16.2 Å². The highest BCUT2D eigenvalue weighted by Gasteiger charge is 2.07. The lowest BCUT2D eigenvalue weighted by atomic mass is 10.2. The van der Waals surface area contributed by atoms with Gasteiger partial charge < -0.3 is 21.5 Å². The summed E-state index contributed by atoms with van der Waals surface area (Å²) in [5.74, 6) is -1.56. The number of nitrogens with one attached hydrogen (secondary N) is 3. The Balaban J connectivity index is 2.27. The van der Waals surface area contributed by atoms with E-state index in [1.807, 2.05) is 0 Å². The Labute approximate surface area is 133 Å². The molecule has 0 saturated heterocycles. The number of carbonyl (C=O) groups is 3. The fourth-order valence-corrected chi connectivity index (χ4v) is 1.74. The van der Waals surface area contributed by atoms with Crippen molar-refractivity contribution >= 4 is 29.3 Å². The second-order valence-corrected chi connectivity index (χ2v) is 4.89. The summed E-state index contributed by atoms with van der Waals surface area (Å²) in [4.78, 5) is 33.5. The molecule has 0 fully saturated rings. The maximum absolute atomic E-state index is 11.7. The number of aliphatic carboxylic acids is 1. The topological polar surface area (TPSA) is 145 Å². The third-order valence-electron chi connectivity index (χ3n) is 2.95. The monoisotopic (exact) mass is 320 g/mol. The highest BCUT2D eigenvalue weighted by molar-refractivity contribution is 5.96. The van der Waals surface area contributed by atoms with Gasteiger partial charge >= 0.3 is 5.97 Å². The largest absolute Gasteiger partial charge is 0.481 e. The Morgan fingerprint density at radius 2 is 1.65 bits per heavy atom. The van der Waals surface area contributed by atoms with Gasteiger partial charge in [-0.1, -0.05) is 0 Å². The van der Waals surface area contributed by atoms with Crippen LogP contribution in [0.2, 0.25) is 0 Å². The summed E-state index contributed by atoms with van der Waals surface area (Å²) in [7, 11) is 0. The number of hydrogen-bond acceptors (Lipinski definition) is 4. The van der Waals surface area contributed by atoms with Crippen LogP contribution < -0.4 is 16.4 Å². The third-order valence-corrected chi connectivity index (χ3v) is 2.95. The number of amides is 2. The first kappa shape index (κ1) is 18.1. The number of amidine groups is 1. The molecule has 0 aromatic heterocycles. The first-order valence-corrected chi connectivity index (χ1v) is 7.11. The minimum atomic E-state index is -0.908. The summed E-state index contributed by atoms with van der Waals surface area (Å²) >= 11 is 0. The number of rotatable bonds is 9. The molecule has 8 heteroatoms. The van der Waals surface area contributed by atoms with Crippen molar-refractivity contribution in [1.82, 2.24) is 5.32 Å². The van der Waals surface area contributed by atoms with Gasteiger partial charge in [0.1, 0.15) is 5.84 Å². The lowest BCUT2D eigenvalue weighted by Gasteiger charge is -2.07. The number of carbonyl (C=O) groups excluding carboxylic acids is 2. The molecular weight excluding hydrogens is 300 g/mol. The molecule has 0 aliphatic rings. The second kappa shape index (κ2) is 9.19. The first-order chi connectivity index (χ1) is 10.9. The van der Waals surface area contributed by atoms with E-state index in [1.165, 1.54) is 0 Å². The molecule has 0 bridgehead atoms. The number of anilines is 1. The Morgan fingerprint density at radius 3 is 2.22 bits per heavy atom. The van der Waals surface area contributed by atoms with Crippen molar-refractivity contribution in [2.45, 2.75) is 25.7 Å². The Kier molecular flexibility index (Phi) is 7.25. The molecule has 0 unspecified atom stereocenters. The zero-order valence-electron chi connectivity index (χ0n) is 12.6. The molecule has 0 aliphatic carbocycles. The number of carboxylic acids is 1. The zero-order chi connectivity index (χ0) is 17.2. The SMILES string of the molecule is N=C(N)c1ccc(NC(=O)CCC(=O)NCCCC(=O)O)cc1. The maximum atomic E-state index is 11.7. The summed E-state index contributed by atoms with van der Waals surface area (Å²) < 4.78 is 0. The average molecular weight is 320 g/mol. The first-order valence-electron chi connectivity index (χ1n) is 7.11. The van der Waals surface area contributed by atoms with Crippen LogP contribution in [0.4, 0.5) is 5.69 Å². The lowest BCUT2D eigenvalue weighted by Crippen LogP contribution is -2.26.